The molecule has 1 unspecified atom stereocenters. The molecule has 0 spiro atoms. The highest BCUT2D eigenvalue weighted by molar-refractivity contribution is 5.84. The van der Waals surface area contributed by atoms with Crippen molar-refractivity contribution in [1.29, 1.82) is 0 Å². The lowest BCUT2D eigenvalue weighted by Crippen LogP contribution is -2.45. The second-order valence-corrected chi connectivity index (χ2v) is 8.35. The monoisotopic (exact) mass is 482 g/mol. The number of hydrogen-bond acceptors (Lipinski definition) is 6. The van der Waals surface area contributed by atoms with E-state index in [4.69, 9.17) is 4.74 Å². The Morgan fingerprint density at radius 1 is 0.971 bits per heavy atom. The highest BCUT2D eigenvalue weighted by atomic mass is 16.5. The summed E-state index contributed by atoms with van der Waals surface area (Å²) < 4.78 is 10.0. The summed E-state index contributed by atoms with van der Waals surface area (Å²) in [7, 11) is 1.21. The third-order valence-corrected chi connectivity index (χ3v) is 6.09. The fraction of sp³-hybridized carbons (Fsp3) is 0.385. The van der Waals surface area contributed by atoms with Gasteiger partial charge in [0.05, 0.1) is 7.11 Å². The van der Waals surface area contributed by atoms with Crippen LogP contribution in [0.15, 0.2) is 48.5 Å². The average molecular weight is 483 g/mol. The van der Waals surface area contributed by atoms with Gasteiger partial charge in [-0.3, -0.25) is 9.59 Å². The van der Waals surface area contributed by atoms with E-state index in [0.717, 1.165) is 22.3 Å². The third kappa shape index (κ3) is 6.59. The SMILES string of the molecule is CCC(CC(=O)N[C@H](CCC(=O)OC)C(=O)O)NC(=O)OCC1c2ccccc2-c2ccccc21. The van der Waals surface area contributed by atoms with Gasteiger partial charge >= 0.3 is 18.0 Å². The number of carboxylic acid groups (broad SMARTS) is 1. The number of nitrogens with one attached hydrogen (secondary N) is 2. The molecule has 0 bridgehead atoms. The van der Waals surface area contributed by atoms with Gasteiger partial charge in [-0.2, -0.15) is 0 Å². The lowest BCUT2D eigenvalue weighted by atomic mass is 9.98. The van der Waals surface area contributed by atoms with Crippen molar-refractivity contribution in [1.82, 2.24) is 10.6 Å². The normalized spacial score (nSPS) is 13.7. The van der Waals surface area contributed by atoms with Crippen LogP contribution < -0.4 is 10.6 Å². The summed E-state index contributed by atoms with van der Waals surface area (Å²) in [6.45, 7) is 1.95. The molecule has 0 fully saturated rings. The highest BCUT2D eigenvalue weighted by Crippen LogP contribution is 2.44. The molecule has 0 radical (unpaired) electrons. The van der Waals surface area contributed by atoms with Gasteiger partial charge in [0.15, 0.2) is 0 Å². The zero-order valence-electron chi connectivity index (χ0n) is 19.8. The number of methoxy groups -OCH3 is 1. The van der Waals surface area contributed by atoms with Gasteiger partial charge in [0.25, 0.3) is 0 Å². The first-order chi connectivity index (χ1) is 16.8. The Balaban J connectivity index is 1.53. The van der Waals surface area contributed by atoms with E-state index in [1.54, 1.807) is 6.92 Å². The first-order valence-corrected chi connectivity index (χ1v) is 11.5. The number of benzene rings is 2. The minimum Gasteiger partial charge on any atom is -0.480 e. The molecule has 1 aliphatic carbocycles. The fourth-order valence-electron chi connectivity index (χ4n) is 4.20. The lowest BCUT2D eigenvalue weighted by molar-refractivity contribution is -0.144. The van der Waals surface area contributed by atoms with E-state index in [2.05, 4.69) is 27.5 Å². The zero-order chi connectivity index (χ0) is 25.4. The van der Waals surface area contributed by atoms with Gasteiger partial charge in [-0.25, -0.2) is 9.59 Å². The number of fused-ring (bicyclic) bond motifs is 3. The van der Waals surface area contributed by atoms with Crippen molar-refractivity contribution in [3.8, 4) is 11.1 Å². The molecule has 0 aliphatic heterocycles. The third-order valence-electron chi connectivity index (χ3n) is 6.09. The number of esters is 1. The largest absolute Gasteiger partial charge is 0.480 e. The van der Waals surface area contributed by atoms with Crippen LogP contribution in [0, 0.1) is 0 Å². The molecule has 2 aromatic rings. The molecule has 186 valence electrons. The van der Waals surface area contributed by atoms with Crippen molar-refractivity contribution >= 4 is 23.9 Å². The molecule has 0 saturated carbocycles. The second-order valence-electron chi connectivity index (χ2n) is 8.35. The first kappa shape index (κ1) is 25.7. The van der Waals surface area contributed by atoms with Gasteiger partial charge in [0.1, 0.15) is 12.6 Å². The van der Waals surface area contributed by atoms with Crippen LogP contribution in [0.1, 0.15) is 49.7 Å². The van der Waals surface area contributed by atoms with E-state index in [1.165, 1.54) is 7.11 Å². The molecule has 3 rings (SSSR count). The Morgan fingerprint density at radius 2 is 1.57 bits per heavy atom. The van der Waals surface area contributed by atoms with E-state index >= 15 is 0 Å². The Morgan fingerprint density at radius 3 is 2.11 bits per heavy atom. The number of carbonyl (C=O) groups is 4. The number of alkyl carbamates (subject to hydrolysis) is 1. The minimum absolute atomic E-state index is 0.0809. The number of rotatable bonds is 11. The lowest BCUT2D eigenvalue weighted by Gasteiger charge is -2.20. The zero-order valence-corrected chi connectivity index (χ0v) is 19.8. The Hall–Kier alpha value is -3.88. The van der Waals surface area contributed by atoms with E-state index in [0.29, 0.717) is 6.42 Å². The predicted molar refractivity (Wildman–Crippen MR) is 128 cm³/mol. The van der Waals surface area contributed by atoms with E-state index in [9.17, 15) is 24.3 Å². The van der Waals surface area contributed by atoms with Crippen LogP contribution in [-0.2, 0) is 23.9 Å². The molecule has 3 N–H and O–H groups in total. The number of aliphatic carboxylic acids is 1. The highest BCUT2D eigenvalue weighted by Gasteiger charge is 2.29. The van der Waals surface area contributed by atoms with Gasteiger partial charge in [-0.15, -0.1) is 0 Å². The van der Waals surface area contributed by atoms with Crippen molar-refractivity contribution in [3.05, 3.63) is 59.7 Å². The van der Waals surface area contributed by atoms with Crippen LogP contribution >= 0.6 is 0 Å². The Labute approximate surface area is 203 Å². The van der Waals surface area contributed by atoms with Crippen LogP contribution in [0.25, 0.3) is 11.1 Å². The van der Waals surface area contributed by atoms with Crippen LogP contribution in [0.5, 0.6) is 0 Å². The van der Waals surface area contributed by atoms with Crippen molar-refractivity contribution < 1.29 is 33.8 Å². The number of hydrogen-bond donors (Lipinski definition) is 3. The molecule has 1 aliphatic rings. The molecule has 2 aromatic carbocycles. The molecule has 9 heteroatoms. The second kappa shape index (κ2) is 12.0. The molecular weight excluding hydrogens is 452 g/mol. The maximum absolute atomic E-state index is 12.5. The molecule has 0 aromatic heterocycles. The molecular formula is C26H30N2O7. The minimum atomic E-state index is -1.25. The summed E-state index contributed by atoms with van der Waals surface area (Å²) in [4.78, 5) is 47.6. The van der Waals surface area contributed by atoms with Gasteiger partial charge < -0.3 is 25.2 Å². The molecule has 0 heterocycles. The first-order valence-electron chi connectivity index (χ1n) is 11.5. The number of ether oxygens (including phenoxy) is 2. The number of amides is 2. The van der Waals surface area contributed by atoms with Crippen molar-refractivity contribution in [2.75, 3.05) is 13.7 Å². The molecule has 9 nitrogen and oxygen atoms in total. The van der Waals surface area contributed by atoms with Crippen LogP contribution in [0.3, 0.4) is 0 Å². The van der Waals surface area contributed by atoms with Gasteiger partial charge in [-0.1, -0.05) is 55.5 Å². The molecule has 0 saturated heterocycles. The number of carbonyl (C=O) groups excluding carboxylic acids is 3. The molecule has 2 atom stereocenters. The quantitative estimate of drug-likeness (QED) is 0.419. The maximum Gasteiger partial charge on any atom is 0.407 e. The Bertz CT molecular complexity index is 1040. The van der Waals surface area contributed by atoms with Gasteiger partial charge in [-0.05, 0) is 35.1 Å². The van der Waals surface area contributed by atoms with Crippen LogP contribution in [0.2, 0.25) is 0 Å². The van der Waals surface area contributed by atoms with Crippen molar-refractivity contribution in [3.63, 3.8) is 0 Å². The fourth-order valence-corrected chi connectivity index (χ4v) is 4.20. The standard InChI is InChI=1S/C26H30N2O7/c1-3-16(14-23(29)28-22(25(31)32)12-13-24(30)34-2)27-26(33)35-15-21-19-10-6-4-8-17(19)18-9-5-7-11-20(18)21/h4-11,16,21-22H,3,12-15H2,1-2H3,(H,27,33)(H,28,29)(H,31,32)/t16?,22-/m1/s1. The van der Waals surface area contributed by atoms with Crippen LogP contribution in [-0.4, -0.2) is 54.8 Å². The van der Waals surface area contributed by atoms with E-state index < -0.39 is 36.0 Å². The molecule has 35 heavy (non-hydrogen) atoms. The van der Waals surface area contributed by atoms with Gasteiger partial charge in [0.2, 0.25) is 5.91 Å². The summed E-state index contributed by atoms with van der Waals surface area (Å²) in [5, 5.41) is 14.4. The summed E-state index contributed by atoms with van der Waals surface area (Å²) in [6, 6.07) is 14.3. The summed E-state index contributed by atoms with van der Waals surface area (Å²) in [6.07, 6.45) is -0.556. The van der Waals surface area contributed by atoms with Crippen molar-refractivity contribution in [2.24, 2.45) is 0 Å². The average Bonchev–Trinajstić information content (AvgIpc) is 3.18. The topological polar surface area (TPSA) is 131 Å². The predicted octanol–water partition coefficient (Wildman–Crippen LogP) is 3.22. The van der Waals surface area contributed by atoms with Crippen molar-refractivity contribution in [2.45, 2.75) is 50.6 Å². The summed E-state index contributed by atoms with van der Waals surface area (Å²) in [5.74, 6) is -2.44. The van der Waals surface area contributed by atoms with E-state index in [-0.39, 0.29) is 31.8 Å². The summed E-state index contributed by atoms with van der Waals surface area (Å²) in [5.41, 5.74) is 4.44. The van der Waals surface area contributed by atoms with Crippen LogP contribution in [0.4, 0.5) is 4.79 Å². The maximum atomic E-state index is 12.5. The number of carboxylic acids is 1. The smallest absolute Gasteiger partial charge is 0.407 e. The van der Waals surface area contributed by atoms with E-state index in [1.807, 2.05) is 36.4 Å². The van der Waals surface area contributed by atoms with Gasteiger partial charge in [0, 0.05) is 24.8 Å². The molecule has 2 amide bonds. The summed E-state index contributed by atoms with van der Waals surface area (Å²) >= 11 is 0. The Kier molecular flexibility index (Phi) is 8.83.